The number of aliphatic hydroxyl groups excluding tert-OH is 1. The van der Waals surface area contributed by atoms with Crippen LogP contribution in [0.4, 0.5) is 0 Å². The zero-order chi connectivity index (χ0) is 11.4. The standard InChI is InChI=1S/C10H21N3O2/c1-7(8(2)14)13-5-4-12-6-9(13)10(15)11-3/h7-9,12,14H,4-6H2,1-3H3,(H,11,15). The summed E-state index contributed by atoms with van der Waals surface area (Å²) in [5, 5.41) is 15.4. The predicted octanol–water partition coefficient (Wildman–Crippen LogP) is -1.22. The first-order valence-corrected chi connectivity index (χ1v) is 5.44. The zero-order valence-corrected chi connectivity index (χ0v) is 9.66. The molecule has 5 nitrogen and oxygen atoms in total. The monoisotopic (exact) mass is 215 g/mol. The molecule has 0 radical (unpaired) electrons. The van der Waals surface area contributed by atoms with Gasteiger partial charge in [0.2, 0.25) is 5.91 Å². The second kappa shape index (κ2) is 5.44. The summed E-state index contributed by atoms with van der Waals surface area (Å²) in [6.07, 6.45) is -0.421. The minimum atomic E-state index is -0.421. The van der Waals surface area contributed by atoms with Gasteiger partial charge in [-0.1, -0.05) is 0 Å². The van der Waals surface area contributed by atoms with E-state index in [4.69, 9.17) is 0 Å². The third kappa shape index (κ3) is 2.90. The molecule has 1 heterocycles. The SMILES string of the molecule is CNC(=O)C1CNCCN1C(C)C(C)O. The summed E-state index contributed by atoms with van der Waals surface area (Å²) in [4.78, 5) is 13.7. The maximum Gasteiger partial charge on any atom is 0.238 e. The summed E-state index contributed by atoms with van der Waals surface area (Å²) >= 11 is 0. The van der Waals surface area contributed by atoms with Crippen molar-refractivity contribution in [3.8, 4) is 0 Å². The first kappa shape index (κ1) is 12.4. The van der Waals surface area contributed by atoms with Crippen molar-refractivity contribution in [1.82, 2.24) is 15.5 Å². The molecule has 5 heteroatoms. The van der Waals surface area contributed by atoms with E-state index in [1.807, 2.05) is 6.92 Å². The quantitative estimate of drug-likeness (QED) is 0.552. The highest BCUT2D eigenvalue weighted by atomic mass is 16.3. The van der Waals surface area contributed by atoms with Gasteiger partial charge < -0.3 is 15.7 Å². The normalized spacial score (nSPS) is 27.1. The number of carbonyl (C=O) groups excluding carboxylic acids is 1. The fourth-order valence-electron chi connectivity index (χ4n) is 1.89. The van der Waals surface area contributed by atoms with Gasteiger partial charge in [0.25, 0.3) is 0 Å². The summed E-state index contributed by atoms with van der Waals surface area (Å²) < 4.78 is 0. The van der Waals surface area contributed by atoms with Gasteiger partial charge in [-0.25, -0.2) is 0 Å². The Kier molecular flexibility index (Phi) is 4.50. The Morgan fingerprint density at radius 1 is 1.60 bits per heavy atom. The fourth-order valence-corrected chi connectivity index (χ4v) is 1.89. The van der Waals surface area contributed by atoms with Crippen LogP contribution in [0, 0.1) is 0 Å². The number of nitrogens with zero attached hydrogens (tertiary/aromatic N) is 1. The van der Waals surface area contributed by atoms with Gasteiger partial charge in [0, 0.05) is 32.7 Å². The molecule has 1 saturated heterocycles. The van der Waals surface area contributed by atoms with Crippen molar-refractivity contribution in [1.29, 1.82) is 0 Å². The smallest absolute Gasteiger partial charge is 0.238 e. The second-order valence-corrected chi connectivity index (χ2v) is 4.05. The molecule has 0 bridgehead atoms. The Labute approximate surface area is 90.8 Å². The van der Waals surface area contributed by atoms with Crippen LogP contribution in [0.2, 0.25) is 0 Å². The van der Waals surface area contributed by atoms with Gasteiger partial charge in [-0.05, 0) is 13.8 Å². The molecule has 15 heavy (non-hydrogen) atoms. The summed E-state index contributed by atoms with van der Waals surface area (Å²) in [7, 11) is 1.64. The first-order chi connectivity index (χ1) is 7.07. The summed E-state index contributed by atoms with van der Waals surface area (Å²) in [5.41, 5.74) is 0. The molecule has 3 N–H and O–H groups in total. The molecule has 1 aliphatic rings. The molecule has 1 aliphatic heterocycles. The molecule has 3 atom stereocenters. The number of amides is 1. The van der Waals surface area contributed by atoms with E-state index in [2.05, 4.69) is 15.5 Å². The molecular weight excluding hydrogens is 194 g/mol. The first-order valence-electron chi connectivity index (χ1n) is 5.44. The van der Waals surface area contributed by atoms with Crippen LogP contribution >= 0.6 is 0 Å². The molecule has 0 aliphatic carbocycles. The van der Waals surface area contributed by atoms with Gasteiger partial charge in [-0.3, -0.25) is 9.69 Å². The molecule has 0 aromatic heterocycles. The minimum Gasteiger partial charge on any atom is -0.392 e. The number of hydrogen-bond donors (Lipinski definition) is 3. The van der Waals surface area contributed by atoms with Crippen LogP contribution in [0.3, 0.4) is 0 Å². The average molecular weight is 215 g/mol. The van der Waals surface area contributed by atoms with Crippen molar-refractivity contribution >= 4 is 5.91 Å². The lowest BCUT2D eigenvalue weighted by molar-refractivity contribution is -0.128. The predicted molar refractivity (Wildman–Crippen MR) is 58.6 cm³/mol. The topological polar surface area (TPSA) is 64.6 Å². The lowest BCUT2D eigenvalue weighted by Crippen LogP contribution is -2.61. The van der Waals surface area contributed by atoms with E-state index in [9.17, 15) is 9.90 Å². The van der Waals surface area contributed by atoms with Crippen LogP contribution in [0.5, 0.6) is 0 Å². The van der Waals surface area contributed by atoms with E-state index in [-0.39, 0.29) is 18.0 Å². The number of piperazine rings is 1. The number of hydrogen-bond acceptors (Lipinski definition) is 4. The molecule has 1 amide bonds. The molecular formula is C10H21N3O2. The Morgan fingerprint density at radius 2 is 2.27 bits per heavy atom. The fraction of sp³-hybridized carbons (Fsp3) is 0.900. The van der Waals surface area contributed by atoms with E-state index in [1.54, 1.807) is 14.0 Å². The van der Waals surface area contributed by atoms with Gasteiger partial charge in [0.1, 0.15) is 6.04 Å². The summed E-state index contributed by atoms with van der Waals surface area (Å²) in [6, 6.07) is -0.164. The van der Waals surface area contributed by atoms with Crippen molar-refractivity contribution in [2.24, 2.45) is 0 Å². The molecule has 1 fully saturated rings. The summed E-state index contributed by atoms with van der Waals surface area (Å²) in [6.45, 7) is 6.02. The van der Waals surface area contributed by atoms with Gasteiger partial charge >= 0.3 is 0 Å². The highest BCUT2D eigenvalue weighted by Crippen LogP contribution is 2.11. The number of carbonyl (C=O) groups is 1. The van der Waals surface area contributed by atoms with Gasteiger partial charge in [-0.15, -0.1) is 0 Å². The van der Waals surface area contributed by atoms with Crippen LogP contribution in [-0.4, -0.2) is 60.8 Å². The molecule has 3 unspecified atom stereocenters. The van der Waals surface area contributed by atoms with Crippen LogP contribution in [-0.2, 0) is 4.79 Å². The minimum absolute atomic E-state index is 0.00870. The van der Waals surface area contributed by atoms with E-state index < -0.39 is 6.10 Å². The Morgan fingerprint density at radius 3 is 2.80 bits per heavy atom. The number of nitrogens with one attached hydrogen (secondary N) is 2. The molecule has 88 valence electrons. The highest BCUT2D eigenvalue weighted by Gasteiger charge is 2.32. The van der Waals surface area contributed by atoms with Crippen molar-refractivity contribution < 1.29 is 9.90 Å². The third-order valence-corrected chi connectivity index (χ3v) is 3.06. The number of aliphatic hydroxyl groups is 1. The van der Waals surface area contributed by atoms with Crippen LogP contribution in [0.25, 0.3) is 0 Å². The molecule has 0 aromatic carbocycles. The maximum absolute atomic E-state index is 11.6. The van der Waals surface area contributed by atoms with Gasteiger partial charge in [-0.2, -0.15) is 0 Å². The van der Waals surface area contributed by atoms with Crippen molar-refractivity contribution in [3.63, 3.8) is 0 Å². The Hall–Kier alpha value is -0.650. The Balaban J connectivity index is 2.69. The number of rotatable bonds is 3. The zero-order valence-electron chi connectivity index (χ0n) is 9.66. The molecule has 1 rings (SSSR count). The number of likely N-dealkylation sites (N-methyl/N-ethyl adjacent to an activating group) is 1. The molecule has 0 spiro atoms. The van der Waals surface area contributed by atoms with Gasteiger partial charge in [0.15, 0.2) is 0 Å². The van der Waals surface area contributed by atoms with E-state index in [0.29, 0.717) is 6.54 Å². The summed E-state index contributed by atoms with van der Waals surface area (Å²) in [5.74, 6) is 0.00898. The largest absolute Gasteiger partial charge is 0.392 e. The lowest BCUT2D eigenvalue weighted by Gasteiger charge is -2.40. The van der Waals surface area contributed by atoms with Crippen LogP contribution < -0.4 is 10.6 Å². The average Bonchev–Trinajstić information content (AvgIpc) is 2.27. The lowest BCUT2D eigenvalue weighted by atomic mass is 10.1. The van der Waals surface area contributed by atoms with E-state index in [1.165, 1.54) is 0 Å². The highest BCUT2D eigenvalue weighted by molar-refractivity contribution is 5.81. The van der Waals surface area contributed by atoms with Crippen LogP contribution in [0.15, 0.2) is 0 Å². The van der Waals surface area contributed by atoms with Crippen molar-refractivity contribution in [2.75, 3.05) is 26.7 Å². The Bertz CT molecular complexity index is 221. The van der Waals surface area contributed by atoms with Crippen LogP contribution in [0.1, 0.15) is 13.8 Å². The maximum atomic E-state index is 11.6. The van der Waals surface area contributed by atoms with Crippen molar-refractivity contribution in [2.45, 2.75) is 32.0 Å². The molecule has 0 aromatic rings. The molecule has 0 saturated carbocycles. The van der Waals surface area contributed by atoms with Crippen molar-refractivity contribution in [3.05, 3.63) is 0 Å². The van der Waals surface area contributed by atoms with E-state index in [0.717, 1.165) is 13.1 Å². The van der Waals surface area contributed by atoms with Gasteiger partial charge in [0.05, 0.1) is 6.10 Å². The third-order valence-electron chi connectivity index (χ3n) is 3.06. The van der Waals surface area contributed by atoms with E-state index >= 15 is 0 Å². The second-order valence-electron chi connectivity index (χ2n) is 4.05.